The Morgan fingerprint density at radius 3 is 2.85 bits per heavy atom. The number of benzene rings is 1. The molecule has 13 heavy (non-hydrogen) atoms. The molecule has 68 valence electrons. The van der Waals surface area contributed by atoms with Gasteiger partial charge in [0.15, 0.2) is 5.58 Å². The molecular formula is C9H9NOS2. The van der Waals surface area contributed by atoms with Crippen LogP contribution in [0, 0.1) is 18.5 Å². The highest BCUT2D eigenvalue weighted by atomic mass is 32.1. The Morgan fingerprint density at radius 2 is 2.15 bits per heavy atom. The fourth-order valence-corrected chi connectivity index (χ4v) is 2.04. The number of aryl methyl sites for hydroxylation is 1. The van der Waals surface area contributed by atoms with E-state index in [0.29, 0.717) is 4.64 Å². The summed E-state index contributed by atoms with van der Waals surface area (Å²) in [5.74, 6) is 0. The standard InChI is InChI=1S/C9H9NOS2/c1-4-3-6-7(8(12)5(4)2)9(13)10-11-6/h3,12H,1-2H3,(H,10,13). The molecule has 0 atom stereocenters. The zero-order valence-corrected chi connectivity index (χ0v) is 9.05. The summed E-state index contributed by atoms with van der Waals surface area (Å²) in [6, 6.07) is 1.97. The summed E-state index contributed by atoms with van der Waals surface area (Å²) in [5, 5.41) is 3.57. The fraction of sp³-hybridized carbons (Fsp3) is 0.222. The van der Waals surface area contributed by atoms with Crippen molar-refractivity contribution in [3.63, 3.8) is 0 Å². The molecule has 0 fully saturated rings. The maximum absolute atomic E-state index is 5.19. The van der Waals surface area contributed by atoms with Crippen LogP contribution in [-0.2, 0) is 0 Å². The van der Waals surface area contributed by atoms with Crippen molar-refractivity contribution in [3.05, 3.63) is 21.8 Å². The number of hydrogen-bond donors (Lipinski definition) is 2. The molecule has 0 saturated carbocycles. The van der Waals surface area contributed by atoms with Crippen LogP contribution in [0.25, 0.3) is 11.0 Å². The van der Waals surface area contributed by atoms with Gasteiger partial charge in [-0.2, -0.15) is 0 Å². The quantitative estimate of drug-likeness (QED) is 0.516. The van der Waals surface area contributed by atoms with Crippen LogP contribution in [-0.4, -0.2) is 5.16 Å². The minimum Gasteiger partial charge on any atom is -0.381 e. The van der Waals surface area contributed by atoms with E-state index in [9.17, 15) is 0 Å². The van der Waals surface area contributed by atoms with Crippen molar-refractivity contribution in [2.24, 2.45) is 0 Å². The van der Waals surface area contributed by atoms with Gasteiger partial charge in [-0.1, -0.05) is 12.2 Å². The zero-order chi connectivity index (χ0) is 9.59. The van der Waals surface area contributed by atoms with E-state index >= 15 is 0 Å². The van der Waals surface area contributed by atoms with Crippen molar-refractivity contribution >= 4 is 35.8 Å². The van der Waals surface area contributed by atoms with Gasteiger partial charge in [0.2, 0.25) is 0 Å². The van der Waals surface area contributed by atoms with E-state index in [2.05, 4.69) is 17.8 Å². The van der Waals surface area contributed by atoms with Gasteiger partial charge in [-0.15, -0.1) is 12.6 Å². The number of rotatable bonds is 0. The molecule has 1 aromatic heterocycles. The number of nitrogens with one attached hydrogen (secondary N) is 1. The van der Waals surface area contributed by atoms with Crippen LogP contribution in [0.1, 0.15) is 11.1 Å². The maximum atomic E-state index is 5.19. The molecule has 0 aliphatic rings. The first kappa shape index (κ1) is 8.84. The lowest BCUT2D eigenvalue weighted by atomic mass is 10.1. The van der Waals surface area contributed by atoms with Crippen LogP contribution in [0.15, 0.2) is 15.5 Å². The fourth-order valence-electron chi connectivity index (χ4n) is 1.32. The molecular weight excluding hydrogens is 202 g/mol. The van der Waals surface area contributed by atoms with Gasteiger partial charge in [-0.05, 0) is 31.0 Å². The lowest BCUT2D eigenvalue weighted by Crippen LogP contribution is -1.83. The Balaban J connectivity index is 3.06. The Morgan fingerprint density at radius 1 is 1.46 bits per heavy atom. The van der Waals surface area contributed by atoms with Gasteiger partial charge >= 0.3 is 0 Å². The number of aromatic amines is 1. The molecule has 2 aromatic rings. The Hall–Kier alpha value is -0.740. The van der Waals surface area contributed by atoms with Gasteiger partial charge in [0, 0.05) is 4.90 Å². The second kappa shape index (κ2) is 2.89. The van der Waals surface area contributed by atoms with Crippen LogP contribution in [0.2, 0.25) is 0 Å². The molecule has 0 unspecified atom stereocenters. The first-order valence-corrected chi connectivity index (χ1v) is 4.77. The summed E-state index contributed by atoms with van der Waals surface area (Å²) in [6.45, 7) is 4.05. The van der Waals surface area contributed by atoms with E-state index in [1.807, 2.05) is 19.9 Å². The highest BCUT2D eigenvalue weighted by molar-refractivity contribution is 7.80. The molecule has 2 nitrogen and oxygen atoms in total. The number of thiol groups is 1. The van der Waals surface area contributed by atoms with Crippen molar-refractivity contribution in [2.45, 2.75) is 18.7 Å². The van der Waals surface area contributed by atoms with Crippen molar-refractivity contribution < 1.29 is 4.52 Å². The highest BCUT2D eigenvalue weighted by Gasteiger charge is 2.08. The average molecular weight is 211 g/mol. The van der Waals surface area contributed by atoms with Gasteiger partial charge in [0.1, 0.15) is 4.64 Å². The molecule has 0 spiro atoms. The topological polar surface area (TPSA) is 28.9 Å². The smallest absolute Gasteiger partial charge is 0.166 e. The van der Waals surface area contributed by atoms with E-state index in [1.54, 1.807) is 0 Å². The summed E-state index contributed by atoms with van der Waals surface area (Å²) < 4.78 is 5.80. The second-order valence-corrected chi connectivity index (χ2v) is 3.93. The maximum Gasteiger partial charge on any atom is 0.166 e. The normalized spacial score (nSPS) is 11.0. The van der Waals surface area contributed by atoms with Crippen LogP contribution < -0.4 is 0 Å². The van der Waals surface area contributed by atoms with Gasteiger partial charge < -0.3 is 4.52 Å². The first-order valence-electron chi connectivity index (χ1n) is 3.91. The van der Waals surface area contributed by atoms with E-state index < -0.39 is 0 Å². The van der Waals surface area contributed by atoms with E-state index in [-0.39, 0.29) is 0 Å². The van der Waals surface area contributed by atoms with Crippen molar-refractivity contribution in [2.75, 3.05) is 0 Å². The summed E-state index contributed by atoms with van der Waals surface area (Å²) in [5.41, 5.74) is 3.09. The minimum atomic E-state index is 0.614. The van der Waals surface area contributed by atoms with E-state index in [4.69, 9.17) is 16.7 Å². The van der Waals surface area contributed by atoms with Crippen LogP contribution in [0.4, 0.5) is 0 Å². The van der Waals surface area contributed by atoms with Crippen molar-refractivity contribution in [3.8, 4) is 0 Å². The molecule has 1 aromatic carbocycles. The van der Waals surface area contributed by atoms with E-state index in [1.165, 1.54) is 0 Å². The van der Waals surface area contributed by atoms with Gasteiger partial charge in [-0.3, -0.25) is 0 Å². The Labute approximate surface area is 86.3 Å². The molecule has 0 saturated heterocycles. The summed E-state index contributed by atoms with van der Waals surface area (Å²) in [4.78, 5) is 0.907. The summed E-state index contributed by atoms with van der Waals surface area (Å²) in [7, 11) is 0. The molecule has 1 N–H and O–H groups in total. The van der Waals surface area contributed by atoms with E-state index in [0.717, 1.165) is 27.0 Å². The van der Waals surface area contributed by atoms with Crippen LogP contribution >= 0.6 is 24.8 Å². The van der Waals surface area contributed by atoms with Gasteiger partial charge in [0.05, 0.1) is 5.39 Å². The summed E-state index contributed by atoms with van der Waals surface area (Å²) >= 11 is 9.50. The SMILES string of the molecule is Cc1cc2o[nH]c(=S)c2c(S)c1C. The monoisotopic (exact) mass is 211 g/mol. The van der Waals surface area contributed by atoms with Crippen molar-refractivity contribution in [1.82, 2.24) is 5.16 Å². The second-order valence-electron chi connectivity index (χ2n) is 3.07. The molecule has 1 heterocycles. The number of hydrogen-bond acceptors (Lipinski definition) is 3. The predicted octanol–water partition coefficient (Wildman–Crippen LogP) is 3.40. The third-order valence-electron chi connectivity index (χ3n) is 2.26. The van der Waals surface area contributed by atoms with Crippen LogP contribution in [0.5, 0.6) is 0 Å². The minimum absolute atomic E-state index is 0.614. The van der Waals surface area contributed by atoms with Crippen molar-refractivity contribution in [1.29, 1.82) is 0 Å². The van der Waals surface area contributed by atoms with Gasteiger partial charge in [0.25, 0.3) is 0 Å². The molecule has 2 rings (SSSR count). The lowest BCUT2D eigenvalue weighted by Gasteiger charge is -2.02. The summed E-state index contributed by atoms with van der Waals surface area (Å²) in [6.07, 6.45) is 0. The highest BCUT2D eigenvalue weighted by Crippen LogP contribution is 2.28. The number of H-pyrrole nitrogens is 1. The number of aromatic nitrogens is 1. The molecule has 0 bridgehead atoms. The third-order valence-corrected chi connectivity index (χ3v) is 3.10. The first-order chi connectivity index (χ1) is 6.11. The molecule has 4 heteroatoms. The largest absolute Gasteiger partial charge is 0.381 e. The molecule has 0 aliphatic carbocycles. The average Bonchev–Trinajstić information content (AvgIpc) is 2.43. The molecule has 0 radical (unpaired) electrons. The number of fused-ring (bicyclic) bond motifs is 1. The Kier molecular flexibility index (Phi) is 1.96. The third kappa shape index (κ3) is 1.21. The zero-order valence-electron chi connectivity index (χ0n) is 7.34. The lowest BCUT2D eigenvalue weighted by molar-refractivity contribution is 0.453. The molecule has 0 amide bonds. The Bertz CT molecular complexity index is 524. The van der Waals surface area contributed by atoms with Crippen LogP contribution in [0.3, 0.4) is 0 Å². The predicted molar refractivity (Wildman–Crippen MR) is 58.1 cm³/mol. The molecule has 0 aliphatic heterocycles. The van der Waals surface area contributed by atoms with Gasteiger partial charge in [-0.25, -0.2) is 5.16 Å².